The van der Waals surface area contributed by atoms with Crippen LogP contribution in [-0.2, 0) is 42.8 Å². The number of nitrogens with one attached hydrogen (secondary N) is 2. The highest BCUT2D eigenvalue weighted by molar-refractivity contribution is 5.77. The van der Waals surface area contributed by atoms with E-state index < -0.39 is 155 Å². The van der Waals surface area contributed by atoms with Crippen molar-refractivity contribution in [1.29, 1.82) is 0 Å². The van der Waals surface area contributed by atoms with E-state index in [1.807, 2.05) is 6.08 Å². The molecule has 18 atom stereocenters. The summed E-state index contributed by atoms with van der Waals surface area (Å²) in [7, 11) is 0. The Bertz CT molecular complexity index is 1960. The molecule has 3 saturated heterocycles. The van der Waals surface area contributed by atoms with Crippen LogP contribution in [-0.4, -0.2) is 215 Å². The zero-order valence-electron chi connectivity index (χ0n) is 56.2. The summed E-state index contributed by atoms with van der Waals surface area (Å²) in [6.07, 6.45) is 20.8. The van der Waals surface area contributed by atoms with Crippen molar-refractivity contribution in [2.45, 2.75) is 368 Å². The third-order valence-corrected chi connectivity index (χ3v) is 18.1. The van der Waals surface area contributed by atoms with Crippen LogP contribution in [0.1, 0.15) is 258 Å². The highest BCUT2D eigenvalue weighted by Crippen LogP contribution is 2.39. The predicted octanol–water partition coefficient (Wildman–Crippen LogP) is 6.84. The molecule has 3 aliphatic heterocycles. The predicted molar refractivity (Wildman–Crippen MR) is 348 cm³/mol. The molecule has 0 aromatic carbocycles. The first-order valence-corrected chi connectivity index (χ1v) is 35.7. The Balaban J connectivity index is 1.58. The number of carbonyl (C=O) groups is 3. The normalized spacial score (nSPS) is 28.3. The van der Waals surface area contributed by atoms with Crippen molar-refractivity contribution >= 4 is 17.8 Å². The van der Waals surface area contributed by atoms with Gasteiger partial charge in [-0.15, -0.1) is 0 Å². The number of aliphatic hydroxyl groups excluding tert-OH is 11. The van der Waals surface area contributed by atoms with Gasteiger partial charge in [0.1, 0.15) is 67.1 Å². The van der Waals surface area contributed by atoms with E-state index in [9.17, 15) is 75.7 Å². The summed E-state index contributed by atoms with van der Waals surface area (Å²) in [5.74, 6) is -6.15. The highest BCUT2D eigenvalue weighted by atomic mass is 16.8. The fourth-order valence-corrected chi connectivity index (χ4v) is 12.4. The van der Waals surface area contributed by atoms with E-state index in [0.29, 0.717) is 12.8 Å². The van der Waals surface area contributed by atoms with Crippen LogP contribution in [0.15, 0.2) is 24.3 Å². The van der Waals surface area contributed by atoms with Gasteiger partial charge in [0.25, 0.3) is 5.79 Å². The van der Waals surface area contributed by atoms with Gasteiger partial charge in [-0.2, -0.15) is 0 Å². The number of allylic oxidation sites excluding steroid dienone is 3. The number of hydrogen-bond donors (Lipinski definition) is 14. The highest BCUT2D eigenvalue weighted by Gasteiger charge is 2.60. The molecule has 0 aromatic rings. The Labute approximate surface area is 549 Å². The summed E-state index contributed by atoms with van der Waals surface area (Å²) in [5, 5.41) is 136. The Morgan fingerprint density at radius 1 is 0.565 bits per heavy atom. The van der Waals surface area contributed by atoms with Gasteiger partial charge in [-0.1, -0.05) is 218 Å². The SMILES string of the molecule is CCCCCCCCCCCCCC/C=C\CCCCCCCCCC(=O)NC(COC1OC(CO)C(OC2OC(CO)C(O)C(OC3(C(=O)O)CC(O)C(NC(C)=O)C(C(O)C(O)CO)O3)C2O)C(O)C1O)C(O)/C=C/CCCCCCCCCCCCCCC. The molecule has 0 aromatic heterocycles. The molecule has 2 amide bonds. The van der Waals surface area contributed by atoms with Crippen molar-refractivity contribution in [3.8, 4) is 0 Å². The topological polar surface area (TPSA) is 373 Å². The van der Waals surface area contributed by atoms with Crippen LogP contribution in [0.3, 0.4) is 0 Å². The van der Waals surface area contributed by atoms with Crippen molar-refractivity contribution in [2.75, 3.05) is 26.4 Å². The van der Waals surface area contributed by atoms with Crippen LogP contribution in [0.25, 0.3) is 0 Å². The molecule has 0 radical (unpaired) electrons. The van der Waals surface area contributed by atoms with E-state index in [1.165, 1.54) is 141 Å². The molecule has 92 heavy (non-hydrogen) atoms. The summed E-state index contributed by atoms with van der Waals surface area (Å²) in [5.41, 5.74) is 0. The zero-order chi connectivity index (χ0) is 67.5. The van der Waals surface area contributed by atoms with Crippen LogP contribution in [0.2, 0.25) is 0 Å². The first-order chi connectivity index (χ1) is 44.4. The second kappa shape index (κ2) is 49.7. The lowest BCUT2D eigenvalue weighted by atomic mass is 9.88. The number of carboxylic acid groups (broad SMARTS) is 1. The van der Waals surface area contributed by atoms with Crippen molar-refractivity contribution in [1.82, 2.24) is 10.6 Å². The molecule has 18 unspecified atom stereocenters. The molecule has 23 heteroatoms. The van der Waals surface area contributed by atoms with Crippen molar-refractivity contribution < 1.29 is 104 Å². The maximum absolute atomic E-state index is 13.5. The van der Waals surface area contributed by atoms with Crippen LogP contribution in [0, 0.1) is 0 Å². The quantitative estimate of drug-likeness (QED) is 0.0219. The molecule has 14 N–H and O–H groups in total. The first kappa shape index (κ1) is 83.4. The van der Waals surface area contributed by atoms with Gasteiger partial charge in [0.15, 0.2) is 12.6 Å². The number of hydrogen-bond acceptors (Lipinski definition) is 20. The third-order valence-electron chi connectivity index (χ3n) is 18.1. The average Bonchev–Trinajstić information content (AvgIpc) is 0.764. The number of amides is 2. The molecule has 0 saturated carbocycles. The molecule has 23 nitrogen and oxygen atoms in total. The summed E-state index contributed by atoms with van der Waals surface area (Å²) >= 11 is 0. The monoisotopic (exact) mass is 1320 g/mol. The number of aliphatic hydroxyl groups is 11. The number of rotatable bonds is 54. The van der Waals surface area contributed by atoms with E-state index in [1.54, 1.807) is 6.08 Å². The second-order valence-electron chi connectivity index (χ2n) is 26.1. The minimum absolute atomic E-state index is 0.196. The lowest BCUT2D eigenvalue weighted by Crippen LogP contribution is -2.70. The number of carboxylic acids is 1. The van der Waals surface area contributed by atoms with E-state index in [2.05, 4.69) is 36.6 Å². The number of unbranched alkanes of at least 4 members (excludes halogenated alkanes) is 32. The number of ether oxygens (including phenoxy) is 6. The fourth-order valence-electron chi connectivity index (χ4n) is 12.4. The Morgan fingerprint density at radius 3 is 1.48 bits per heavy atom. The molecule has 3 fully saturated rings. The van der Waals surface area contributed by atoms with E-state index in [4.69, 9.17) is 28.4 Å². The lowest BCUT2D eigenvalue weighted by molar-refractivity contribution is -0.386. The minimum atomic E-state index is -3.08. The van der Waals surface area contributed by atoms with Crippen LogP contribution >= 0.6 is 0 Å². The smallest absolute Gasteiger partial charge is 0.364 e. The second-order valence-corrected chi connectivity index (χ2v) is 26.1. The van der Waals surface area contributed by atoms with E-state index in [-0.39, 0.29) is 12.3 Å². The summed E-state index contributed by atoms with van der Waals surface area (Å²) < 4.78 is 34.8. The molecule has 0 bridgehead atoms. The van der Waals surface area contributed by atoms with E-state index >= 15 is 0 Å². The molecule has 0 aliphatic carbocycles. The molecule has 3 rings (SSSR count). The van der Waals surface area contributed by atoms with Gasteiger partial charge in [0.05, 0.1) is 50.7 Å². The van der Waals surface area contributed by atoms with Crippen LogP contribution in [0.4, 0.5) is 0 Å². The molecule has 3 aliphatic rings. The van der Waals surface area contributed by atoms with Gasteiger partial charge in [-0.3, -0.25) is 9.59 Å². The average molecular weight is 1320 g/mol. The zero-order valence-corrected chi connectivity index (χ0v) is 56.2. The molecular weight excluding hydrogens is 1190 g/mol. The van der Waals surface area contributed by atoms with Gasteiger partial charge >= 0.3 is 5.97 Å². The van der Waals surface area contributed by atoms with Gasteiger partial charge < -0.3 is 100 Å². The van der Waals surface area contributed by atoms with Crippen molar-refractivity contribution in [3.05, 3.63) is 24.3 Å². The summed E-state index contributed by atoms with van der Waals surface area (Å²) in [4.78, 5) is 38.5. The number of carbonyl (C=O) groups excluding carboxylic acids is 2. The van der Waals surface area contributed by atoms with Gasteiger partial charge in [-0.25, -0.2) is 4.79 Å². The Kier molecular flexibility index (Phi) is 45.1. The largest absolute Gasteiger partial charge is 0.477 e. The molecule has 538 valence electrons. The molecule has 3 heterocycles. The maximum Gasteiger partial charge on any atom is 0.364 e. The van der Waals surface area contributed by atoms with Gasteiger partial charge in [0.2, 0.25) is 11.8 Å². The maximum atomic E-state index is 13.5. The van der Waals surface area contributed by atoms with E-state index in [0.717, 1.165) is 77.6 Å². The summed E-state index contributed by atoms with van der Waals surface area (Å²) in [6.45, 7) is 2.14. The van der Waals surface area contributed by atoms with Gasteiger partial charge in [0, 0.05) is 19.8 Å². The summed E-state index contributed by atoms with van der Waals surface area (Å²) in [6, 6.07) is -2.62. The van der Waals surface area contributed by atoms with Gasteiger partial charge in [-0.05, 0) is 44.9 Å². The van der Waals surface area contributed by atoms with Crippen molar-refractivity contribution in [3.63, 3.8) is 0 Å². The fraction of sp³-hybridized carbons (Fsp3) is 0.899. The third kappa shape index (κ3) is 31.6. The van der Waals surface area contributed by atoms with Crippen molar-refractivity contribution in [2.24, 2.45) is 0 Å². The Morgan fingerprint density at radius 2 is 1.02 bits per heavy atom. The molecular formula is C69H126N2O21. The van der Waals surface area contributed by atoms with Crippen LogP contribution in [0.5, 0.6) is 0 Å². The lowest BCUT2D eigenvalue weighted by Gasteiger charge is -2.50. The number of aliphatic carboxylic acids is 1. The minimum Gasteiger partial charge on any atom is -0.477 e. The Hall–Kier alpha value is -2.79. The first-order valence-electron chi connectivity index (χ1n) is 35.7. The van der Waals surface area contributed by atoms with Crippen LogP contribution < -0.4 is 10.6 Å². The molecule has 0 spiro atoms. The standard InChI is InChI=1S/C69H126N2O21/c1-4-6-8-10-12-14-16-18-20-21-22-23-24-25-26-27-29-31-33-35-37-39-41-43-56(79)71-50(51(76)42-40-38-36-34-32-30-28-19-17-15-13-11-9-7-5-2)48-87-66-61(83)60(82)63(55(47-74)89-66)90-67-62(84)65(59(81)54(46-73)88-67)92-69(68(85)86)44-52(77)57(70-49(3)75)64(91-69)58(80)53(78)45-72/h25-26,40,42,50-55,57-67,72-74,76-78,80-84H,4-24,27-39,41,43-48H2,1-3H3,(H,70,75)(H,71,79)(H,85,86)/b26-25-,42-40+.